The molecule has 0 bridgehead atoms. The highest BCUT2D eigenvalue weighted by Gasteiger charge is 2.11. The van der Waals surface area contributed by atoms with E-state index in [1.54, 1.807) is 18.2 Å². The van der Waals surface area contributed by atoms with Gasteiger partial charge in [0.05, 0.1) is 10.0 Å². The molecule has 5 heteroatoms. The van der Waals surface area contributed by atoms with E-state index in [-0.39, 0.29) is 11.9 Å². The third kappa shape index (κ3) is 4.19. The molecule has 0 saturated carbocycles. The first-order chi connectivity index (χ1) is 7.91. The number of carbonyl (C=O) groups excluding carboxylic acids is 1. The van der Waals surface area contributed by atoms with Crippen LogP contribution in [0.4, 0.5) is 0 Å². The van der Waals surface area contributed by atoms with E-state index < -0.39 is 0 Å². The van der Waals surface area contributed by atoms with E-state index in [0.29, 0.717) is 28.1 Å². The summed E-state index contributed by atoms with van der Waals surface area (Å²) in [4.78, 5) is 11.8. The van der Waals surface area contributed by atoms with Crippen molar-refractivity contribution < 1.29 is 4.79 Å². The maximum Gasteiger partial charge on any atom is 0.251 e. The molecule has 1 atom stereocenters. The fraction of sp³-hybridized carbons (Fsp3) is 0.417. The van der Waals surface area contributed by atoms with Crippen molar-refractivity contribution in [3.05, 3.63) is 33.8 Å². The van der Waals surface area contributed by atoms with Crippen LogP contribution in [0.5, 0.6) is 0 Å². The molecular formula is C12H16Cl2N2O. The highest BCUT2D eigenvalue weighted by Crippen LogP contribution is 2.22. The van der Waals surface area contributed by atoms with Gasteiger partial charge in [0.1, 0.15) is 0 Å². The van der Waals surface area contributed by atoms with Crippen molar-refractivity contribution >= 4 is 29.1 Å². The fourth-order valence-electron chi connectivity index (χ4n) is 1.19. The fourth-order valence-corrected chi connectivity index (χ4v) is 1.48. The Morgan fingerprint density at radius 3 is 2.53 bits per heavy atom. The Hall–Kier alpha value is -0.770. The third-order valence-corrected chi connectivity index (χ3v) is 3.28. The molecule has 1 aromatic carbocycles. The lowest BCUT2D eigenvalue weighted by Crippen LogP contribution is -2.40. The van der Waals surface area contributed by atoms with E-state index in [1.165, 1.54) is 0 Å². The Kier molecular flexibility index (Phi) is 5.25. The number of amides is 1. The van der Waals surface area contributed by atoms with Gasteiger partial charge < -0.3 is 11.1 Å². The average molecular weight is 275 g/mol. The first-order valence-corrected chi connectivity index (χ1v) is 6.16. The average Bonchev–Trinajstić information content (AvgIpc) is 2.28. The number of halogens is 2. The molecule has 1 aromatic rings. The number of nitrogens with one attached hydrogen (secondary N) is 1. The van der Waals surface area contributed by atoms with Crippen molar-refractivity contribution in [2.45, 2.75) is 19.9 Å². The first-order valence-electron chi connectivity index (χ1n) is 5.40. The topological polar surface area (TPSA) is 55.1 Å². The largest absolute Gasteiger partial charge is 0.350 e. The summed E-state index contributed by atoms with van der Waals surface area (Å²) in [6.07, 6.45) is 0. The Labute approximate surface area is 111 Å². The molecule has 1 unspecified atom stereocenters. The Bertz CT molecular complexity index is 407. The zero-order valence-electron chi connectivity index (χ0n) is 9.84. The SMILES string of the molecule is CC(C)C(N)CNC(=O)c1ccc(Cl)c(Cl)c1. The van der Waals surface area contributed by atoms with Gasteiger partial charge in [-0.3, -0.25) is 4.79 Å². The van der Waals surface area contributed by atoms with Gasteiger partial charge in [-0.2, -0.15) is 0 Å². The van der Waals surface area contributed by atoms with Gasteiger partial charge in [0.15, 0.2) is 0 Å². The number of rotatable bonds is 4. The number of nitrogens with two attached hydrogens (primary N) is 1. The van der Waals surface area contributed by atoms with Crippen LogP contribution in [0.15, 0.2) is 18.2 Å². The van der Waals surface area contributed by atoms with Crippen molar-refractivity contribution in [2.24, 2.45) is 11.7 Å². The lowest BCUT2D eigenvalue weighted by molar-refractivity contribution is 0.0949. The lowest BCUT2D eigenvalue weighted by atomic mass is 10.1. The Balaban J connectivity index is 2.61. The van der Waals surface area contributed by atoms with Gasteiger partial charge in [-0.15, -0.1) is 0 Å². The Morgan fingerprint density at radius 2 is 2.00 bits per heavy atom. The van der Waals surface area contributed by atoms with Crippen LogP contribution in [-0.4, -0.2) is 18.5 Å². The lowest BCUT2D eigenvalue weighted by Gasteiger charge is -2.16. The van der Waals surface area contributed by atoms with Crippen LogP contribution in [-0.2, 0) is 0 Å². The minimum absolute atomic E-state index is 0.0540. The molecule has 17 heavy (non-hydrogen) atoms. The minimum atomic E-state index is -0.195. The van der Waals surface area contributed by atoms with Gasteiger partial charge in [-0.1, -0.05) is 37.0 Å². The summed E-state index contributed by atoms with van der Waals surface area (Å²) in [5, 5.41) is 3.56. The van der Waals surface area contributed by atoms with E-state index in [2.05, 4.69) is 5.32 Å². The molecule has 0 aromatic heterocycles. The van der Waals surface area contributed by atoms with E-state index in [4.69, 9.17) is 28.9 Å². The van der Waals surface area contributed by atoms with Gasteiger partial charge >= 0.3 is 0 Å². The second-order valence-corrected chi connectivity index (χ2v) is 5.06. The standard InChI is InChI=1S/C12H16Cl2N2O/c1-7(2)11(15)6-16-12(17)8-3-4-9(13)10(14)5-8/h3-5,7,11H,6,15H2,1-2H3,(H,16,17). The van der Waals surface area contributed by atoms with Crippen molar-refractivity contribution in [2.75, 3.05) is 6.54 Å². The van der Waals surface area contributed by atoms with Crippen molar-refractivity contribution in [3.8, 4) is 0 Å². The summed E-state index contributed by atoms with van der Waals surface area (Å²) in [6.45, 7) is 4.46. The smallest absolute Gasteiger partial charge is 0.251 e. The molecule has 3 nitrogen and oxygen atoms in total. The molecule has 94 valence electrons. The summed E-state index contributed by atoms with van der Waals surface area (Å²) in [7, 11) is 0. The molecule has 0 heterocycles. The summed E-state index contributed by atoms with van der Waals surface area (Å²) in [6, 6.07) is 4.72. The van der Waals surface area contributed by atoms with Crippen molar-refractivity contribution in [1.29, 1.82) is 0 Å². The second kappa shape index (κ2) is 6.24. The second-order valence-electron chi connectivity index (χ2n) is 4.25. The zero-order chi connectivity index (χ0) is 13.0. The van der Waals surface area contributed by atoms with Crippen LogP contribution in [0.2, 0.25) is 10.0 Å². The van der Waals surface area contributed by atoms with E-state index in [9.17, 15) is 4.79 Å². The van der Waals surface area contributed by atoms with Crippen molar-refractivity contribution in [3.63, 3.8) is 0 Å². The van der Waals surface area contributed by atoms with Gasteiger partial charge in [-0.05, 0) is 24.1 Å². The maximum atomic E-state index is 11.8. The molecule has 0 aliphatic rings. The summed E-state index contributed by atoms with van der Waals surface area (Å²) in [5.74, 6) is 0.128. The van der Waals surface area contributed by atoms with Gasteiger partial charge in [-0.25, -0.2) is 0 Å². The van der Waals surface area contributed by atoms with Crippen LogP contribution in [0.1, 0.15) is 24.2 Å². The number of hydrogen-bond donors (Lipinski definition) is 2. The quantitative estimate of drug-likeness (QED) is 0.887. The minimum Gasteiger partial charge on any atom is -0.350 e. The molecule has 1 rings (SSSR count). The molecule has 0 aliphatic carbocycles. The normalized spacial score (nSPS) is 12.6. The van der Waals surface area contributed by atoms with Crippen molar-refractivity contribution in [1.82, 2.24) is 5.32 Å². The van der Waals surface area contributed by atoms with Crippen LogP contribution in [0, 0.1) is 5.92 Å². The molecule has 0 saturated heterocycles. The van der Waals surface area contributed by atoms with Gasteiger partial charge in [0.25, 0.3) is 5.91 Å². The number of benzene rings is 1. The predicted octanol–water partition coefficient (Wildman–Crippen LogP) is 2.71. The highest BCUT2D eigenvalue weighted by atomic mass is 35.5. The maximum absolute atomic E-state index is 11.8. The van der Waals surface area contributed by atoms with Crippen LogP contribution in [0.3, 0.4) is 0 Å². The number of hydrogen-bond acceptors (Lipinski definition) is 2. The monoisotopic (exact) mass is 274 g/mol. The zero-order valence-corrected chi connectivity index (χ0v) is 11.3. The predicted molar refractivity (Wildman–Crippen MR) is 71.6 cm³/mol. The summed E-state index contributed by atoms with van der Waals surface area (Å²) < 4.78 is 0. The Morgan fingerprint density at radius 1 is 1.35 bits per heavy atom. The molecule has 1 amide bonds. The highest BCUT2D eigenvalue weighted by molar-refractivity contribution is 6.42. The molecule has 0 radical (unpaired) electrons. The molecule has 0 aliphatic heterocycles. The van der Waals surface area contributed by atoms with Crippen LogP contribution < -0.4 is 11.1 Å². The van der Waals surface area contributed by atoms with Gasteiger partial charge in [0.2, 0.25) is 0 Å². The molecule has 0 spiro atoms. The summed E-state index contributed by atoms with van der Waals surface area (Å²) in [5.41, 5.74) is 6.32. The van der Waals surface area contributed by atoms with Crippen LogP contribution in [0.25, 0.3) is 0 Å². The third-order valence-electron chi connectivity index (χ3n) is 2.54. The summed E-state index contributed by atoms with van der Waals surface area (Å²) >= 11 is 11.6. The van der Waals surface area contributed by atoms with E-state index >= 15 is 0 Å². The molecular weight excluding hydrogens is 259 g/mol. The first kappa shape index (κ1) is 14.3. The van der Waals surface area contributed by atoms with Crippen LogP contribution >= 0.6 is 23.2 Å². The van der Waals surface area contributed by atoms with E-state index in [0.717, 1.165) is 0 Å². The van der Waals surface area contributed by atoms with E-state index in [1.807, 2.05) is 13.8 Å². The number of carbonyl (C=O) groups is 1. The molecule has 3 N–H and O–H groups in total. The van der Waals surface area contributed by atoms with Gasteiger partial charge in [0, 0.05) is 18.2 Å². The molecule has 0 fully saturated rings.